The first-order valence-corrected chi connectivity index (χ1v) is 10.9. The normalized spacial score (nSPS) is 29.3. The molecule has 3 saturated heterocycles. The largest absolute Gasteiger partial charge is 0.393 e. The van der Waals surface area contributed by atoms with Crippen molar-refractivity contribution in [3.8, 4) is 6.07 Å². The average molecular weight is 429 g/mol. The van der Waals surface area contributed by atoms with Crippen LogP contribution in [0.15, 0.2) is 30.5 Å². The second-order valence-corrected chi connectivity index (χ2v) is 9.37. The van der Waals surface area contributed by atoms with Crippen LogP contribution in [0.4, 0.5) is 18.9 Å². The number of nitrogens with zero attached hydrogens (tertiary/aromatic N) is 4. The van der Waals surface area contributed by atoms with Gasteiger partial charge in [0.1, 0.15) is 6.07 Å². The Morgan fingerprint density at radius 1 is 1.23 bits per heavy atom. The fourth-order valence-corrected chi connectivity index (χ4v) is 5.81. The van der Waals surface area contributed by atoms with E-state index in [9.17, 15) is 18.4 Å². The molecular weight excluding hydrogens is 403 g/mol. The monoisotopic (exact) mass is 429 g/mol. The van der Waals surface area contributed by atoms with E-state index >= 15 is 0 Å². The summed E-state index contributed by atoms with van der Waals surface area (Å²) in [4.78, 5) is 8.40. The number of rotatable bonds is 3. The smallest absolute Gasteiger partial charge is 0.370 e. The van der Waals surface area contributed by atoms with E-state index in [2.05, 4.69) is 21.3 Å². The molecule has 2 unspecified atom stereocenters. The Morgan fingerprint density at radius 3 is 2.84 bits per heavy atom. The molecule has 5 nitrogen and oxygen atoms in total. The molecule has 2 aromatic rings. The molecule has 3 fully saturated rings. The molecule has 31 heavy (non-hydrogen) atoms. The molecule has 0 saturated carbocycles. The van der Waals surface area contributed by atoms with Crippen molar-refractivity contribution in [1.82, 2.24) is 15.2 Å². The van der Waals surface area contributed by atoms with Gasteiger partial charge in [0.2, 0.25) is 0 Å². The minimum Gasteiger partial charge on any atom is -0.370 e. The number of fused-ring (bicyclic) bond motifs is 1. The molecular formula is C23H26F3N5. The highest BCUT2D eigenvalue weighted by atomic mass is 19.4. The predicted octanol–water partition coefficient (Wildman–Crippen LogP) is 3.41. The zero-order chi connectivity index (χ0) is 21.6. The van der Waals surface area contributed by atoms with E-state index in [0.717, 1.165) is 50.1 Å². The summed E-state index contributed by atoms with van der Waals surface area (Å²) < 4.78 is 42.0. The quantitative estimate of drug-likeness (QED) is 0.811. The van der Waals surface area contributed by atoms with Gasteiger partial charge >= 0.3 is 6.18 Å². The topological polar surface area (TPSA) is 55.2 Å². The van der Waals surface area contributed by atoms with Crippen molar-refractivity contribution in [3.63, 3.8) is 0 Å². The third kappa shape index (κ3) is 3.74. The number of likely N-dealkylation sites (tertiary alicyclic amines) is 1. The molecule has 1 aromatic heterocycles. The van der Waals surface area contributed by atoms with E-state index in [1.54, 1.807) is 24.4 Å². The zero-order valence-corrected chi connectivity index (χ0v) is 17.3. The van der Waals surface area contributed by atoms with Gasteiger partial charge in [-0.15, -0.1) is 0 Å². The van der Waals surface area contributed by atoms with Crippen LogP contribution in [0.5, 0.6) is 0 Å². The van der Waals surface area contributed by atoms with Crippen molar-refractivity contribution >= 4 is 16.6 Å². The number of hydrogen-bond donors (Lipinski definition) is 1. The number of nitriles is 1. The maximum atomic E-state index is 14.0. The molecule has 8 heteroatoms. The van der Waals surface area contributed by atoms with Crippen LogP contribution < -0.4 is 10.2 Å². The summed E-state index contributed by atoms with van der Waals surface area (Å²) in [5.41, 5.74) is 1.97. The first-order valence-electron chi connectivity index (χ1n) is 10.9. The molecule has 0 bridgehead atoms. The van der Waals surface area contributed by atoms with Crippen molar-refractivity contribution in [2.45, 2.75) is 19.0 Å². The van der Waals surface area contributed by atoms with Gasteiger partial charge in [0, 0.05) is 55.9 Å². The van der Waals surface area contributed by atoms with E-state index in [1.165, 1.54) is 0 Å². The summed E-state index contributed by atoms with van der Waals surface area (Å²) in [6, 6.07) is 9.17. The Kier molecular flexibility index (Phi) is 5.06. The molecule has 3 atom stereocenters. The summed E-state index contributed by atoms with van der Waals surface area (Å²) in [5.74, 6) is -1.82. The number of hydrogen-bond acceptors (Lipinski definition) is 5. The Morgan fingerprint density at radius 2 is 2.10 bits per heavy atom. The molecule has 5 rings (SSSR count). The number of pyridine rings is 1. The number of halogens is 3. The number of aromatic nitrogens is 1. The van der Waals surface area contributed by atoms with Crippen molar-refractivity contribution in [3.05, 3.63) is 36.0 Å². The van der Waals surface area contributed by atoms with Gasteiger partial charge in [0.05, 0.1) is 17.0 Å². The number of benzene rings is 1. The van der Waals surface area contributed by atoms with Crippen LogP contribution >= 0.6 is 0 Å². The summed E-state index contributed by atoms with van der Waals surface area (Å²) in [5, 5.41) is 13.5. The lowest BCUT2D eigenvalue weighted by Gasteiger charge is -2.27. The van der Waals surface area contributed by atoms with Crippen LogP contribution in [0, 0.1) is 28.6 Å². The SMILES string of the molecule is N#Cc1ccc(N2CC(C(F)(F)F)[C@@H](CN3CCC4(CCNC4)C3)C2)c2cccnc12. The van der Waals surface area contributed by atoms with E-state index in [-0.39, 0.29) is 12.0 Å². The Bertz CT molecular complexity index is 1010. The number of anilines is 1. The lowest BCUT2D eigenvalue weighted by molar-refractivity contribution is -0.180. The van der Waals surface area contributed by atoms with Crippen molar-refractivity contribution in [1.29, 1.82) is 5.26 Å². The lowest BCUT2D eigenvalue weighted by atomic mass is 9.86. The lowest BCUT2D eigenvalue weighted by Crippen LogP contribution is -2.38. The van der Waals surface area contributed by atoms with Crippen LogP contribution in [0.1, 0.15) is 18.4 Å². The minimum absolute atomic E-state index is 0.0510. The molecule has 3 aliphatic heterocycles. The Hall–Kier alpha value is -2.37. The molecule has 0 radical (unpaired) electrons. The highest BCUT2D eigenvalue weighted by molar-refractivity contribution is 5.95. The summed E-state index contributed by atoms with van der Waals surface area (Å²) >= 11 is 0. The summed E-state index contributed by atoms with van der Waals surface area (Å²) in [6.07, 6.45) is -0.433. The van der Waals surface area contributed by atoms with Gasteiger partial charge in [-0.05, 0) is 55.6 Å². The highest BCUT2D eigenvalue weighted by Crippen LogP contribution is 2.43. The predicted molar refractivity (Wildman–Crippen MR) is 113 cm³/mol. The molecule has 1 spiro atoms. The third-order valence-corrected chi connectivity index (χ3v) is 7.41. The van der Waals surface area contributed by atoms with Crippen molar-refractivity contribution in [2.24, 2.45) is 17.3 Å². The van der Waals surface area contributed by atoms with Gasteiger partial charge in [0.15, 0.2) is 0 Å². The van der Waals surface area contributed by atoms with Crippen LogP contribution in [0.3, 0.4) is 0 Å². The Labute approximate surface area is 179 Å². The van der Waals surface area contributed by atoms with Gasteiger partial charge < -0.3 is 15.1 Å². The second-order valence-electron chi connectivity index (χ2n) is 9.37. The van der Waals surface area contributed by atoms with Crippen LogP contribution in [0.2, 0.25) is 0 Å². The maximum Gasteiger partial charge on any atom is 0.393 e. The third-order valence-electron chi connectivity index (χ3n) is 7.41. The zero-order valence-electron chi connectivity index (χ0n) is 17.3. The highest BCUT2D eigenvalue weighted by Gasteiger charge is 2.51. The van der Waals surface area contributed by atoms with Crippen LogP contribution in [-0.2, 0) is 0 Å². The standard InChI is InChI=1S/C23H26F3N5/c24-23(25,26)19-13-31(20-4-3-16(10-27)21-18(20)2-1-7-29-21)12-17(19)11-30-9-6-22(15-30)5-8-28-14-22/h1-4,7,17,19,28H,5-6,8-9,11-15H2/t17-,19?,22?/m0/s1. The molecule has 4 heterocycles. The number of alkyl halides is 3. The molecule has 3 aliphatic rings. The van der Waals surface area contributed by atoms with Gasteiger partial charge in [-0.3, -0.25) is 4.98 Å². The first-order chi connectivity index (χ1) is 14.9. The molecule has 1 aromatic carbocycles. The summed E-state index contributed by atoms with van der Waals surface area (Å²) in [6.45, 7) is 4.56. The second kappa shape index (κ2) is 7.64. The van der Waals surface area contributed by atoms with E-state index in [4.69, 9.17) is 0 Å². The van der Waals surface area contributed by atoms with Crippen LogP contribution in [-0.4, -0.2) is 61.9 Å². The Balaban J connectivity index is 1.40. The molecule has 1 N–H and O–H groups in total. The van der Waals surface area contributed by atoms with Crippen molar-refractivity contribution < 1.29 is 13.2 Å². The van der Waals surface area contributed by atoms with E-state index in [0.29, 0.717) is 24.2 Å². The van der Waals surface area contributed by atoms with E-state index in [1.807, 2.05) is 11.0 Å². The fraction of sp³-hybridized carbons (Fsp3) is 0.565. The molecule has 164 valence electrons. The fourth-order valence-electron chi connectivity index (χ4n) is 5.81. The van der Waals surface area contributed by atoms with E-state index < -0.39 is 18.0 Å². The van der Waals surface area contributed by atoms with Crippen molar-refractivity contribution in [2.75, 3.05) is 50.7 Å². The maximum absolute atomic E-state index is 14.0. The van der Waals surface area contributed by atoms with Gasteiger partial charge in [-0.1, -0.05) is 0 Å². The van der Waals surface area contributed by atoms with Gasteiger partial charge in [-0.25, -0.2) is 0 Å². The van der Waals surface area contributed by atoms with Gasteiger partial charge in [0.25, 0.3) is 0 Å². The summed E-state index contributed by atoms with van der Waals surface area (Å²) in [7, 11) is 0. The van der Waals surface area contributed by atoms with Crippen LogP contribution in [0.25, 0.3) is 10.9 Å². The molecule has 0 aliphatic carbocycles. The minimum atomic E-state index is -4.23. The van der Waals surface area contributed by atoms with Gasteiger partial charge in [-0.2, -0.15) is 18.4 Å². The number of nitrogens with one attached hydrogen (secondary N) is 1. The average Bonchev–Trinajstić information content (AvgIpc) is 3.48. The first kappa shape index (κ1) is 20.5. The molecule has 0 amide bonds.